The summed E-state index contributed by atoms with van der Waals surface area (Å²) in [4.78, 5) is 25.8. The Morgan fingerprint density at radius 1 is 0.795 bits per heavy atom. The highest BCUT2D eigenvalue weighted by Gasteiger charge is 2.18. The van der Waals surface area contributed by atoms with Crippen molar-refractivity contribution in [2.24, 2.45) is 0 Å². The normalized spacial score (nSPS) is 11.3. The fourth-order valence-corrected chi connectivity index (χ4v) is 3.69. The minimum atomic E-state index is -0.993. The van der Waals surface area contributed by atoms with Gasteiger partial charge >= 0.3 is 12.1 Å². The Kier molecular flexibility index (Phi) is 11.9. The lowest BCUT2D eigenvalue weighted by Gasteiger charge is -2.22. The van der Waals surface area contributed by atoms with Gasteiger partial charge in [-0.25, -0.2) is 9.59 Å². The Bertz CT molecular complexity index is 1140. The average Bonchev–Trinajstić information content (AvgIpc) is 2.95. The van der Waals surface area contributed by atoms with E-state index in [2.05, 4.69) is 0 Å². The summed E-state index contributed by atoms with van der Waals surface area (Å²) in [6.07, 6.45) is -0.516. The summed E-state index contributed by atoms with van der Waals surface area (Å²) >= 11 is 0. The lowest BCUT2D eigenvalue weighted by atomic mass is 10.1. The van der Waals surface area contributed by atoms with E-state index in [-0.39, 0.29) is 13.0 Å². The van der Waals surface area contributed by atoms with Gasteiger partial charge in [-0.05, 0) is 67.4 Å². The van der Waals surface area contributed by atoms with E-state index in [0.717, 1.165) is 11.3 Å². The van der Waals surface area contributed by atoms with Gasteiger partial charge in [-0.3, -0.25) is 0 Å². The van der Waals surface area contributed by atoms with Gasteiger partial charge in [0.15, 0.2) is 6.10 Å². The molecule has 9 nitrogen and oxygen atoms in total. The van der Waals surface area contributed by atoms with Crippen molar-refractivity contribution in [3.05, 3.63) is 84.4 Å². The number of nitrogens with zero attached hydrogens (tertiary/aromatic N) is 1. The number of amides is 1. The number of para-hydroxylation sites is 1. The van der Waals surface area contributed by atoms with Gasteiger partial charge in [-0.15, -0.1) is 0 Å². The van der Waals surface area contributed by atoms with Crippen molar-refractivity contribution >= 4 is 12.1 Å². The Balaban J connectivity index is 1.54. The maximum absolute atomic E-state index is 12.9. The van der Waals surface area contributed by atoms with Crippen LogP contribution in [0.1, 0.15) is 18.9 Å². The predicted octanol–water partition coefficient (Wildman–Crippen LogP) is 5.08. The van der Waals surface area contributed by atoms with Crippen LogP contribution < -0.4 is 18.9 Å². The van der Waals surface area contributed by atoms with Crippen LogP contribution in [-0.2, 0) is 16.0 Å². The van der Waals surface area contributed by atoms with E-state index in [4.69, 9.17) is 23.7 Å². The van der Waals surface area contributed by atoms with E-state index < -0.39 is 18.2 Å². The smallest absolute Gasteiger partial charge is 0.415 e. The van der Waals surface area contributed by atoms with Crippen LogP contribution in [0, 0.1) is 0 Å². The number of rotatable bonds is 16. The van der Waals surface area contributed by atoms with Crippen molar-refractivity contribution < 1.29 is 38.4 Å². The number of methoxy groups -OCH3 is 1. The quantitative estimate of drug-likeness (QED) is 0.253. The molecule has 0 radical (unpaired) electrons. The van der Waals surface area contributed by atoms with E-state index in [0.29, 0.717) is 50.0 Å². The van der Waals surface area contributed by atoms with Crippen LogP contribution in [0.3, 0.4) is 0 Å². The Hall–Kier alpha value is -4.24. The summed E-state index contributed by atoms with van der Waals surface area (Å²) in [6.45, 7) is 3.49. The zero-order chi connectivity index (χ0) is 27.9. The number of carbonyl (C=O) groups excluding carboxylic acids is 1. The number of ether oxygens (including phenoxy) is 5. The molecule has 1 N–H and O–H groups in total. The molecule has 0 heterocycles. The second kappa shape index (κ2) is 15.9. The molecule has 0 aliphatic heterocycles. The Morgan fingerprint density at radius 3 is 2.05 bits per heavy atom. The van der Waals surface area contributed by atoms with Gasteiger partial charge in [0.2, 0.25) is 0 Å². The molecule has 1 atom stereocenters. The zero-order valence-electron chi connectivity index (χ0n) is 22.3. The van der Waals surface area contributed by atoms with Crippen molar-refractivity contribution in [1.82, 2.24) is 4.90 Å². The maximum atomic E-state index is 12.9. The van der Waals surface area contributed by atoms with Gasteiger partial charge in [0, 0.05) is 19.6 Å². The molecule has 0 aromatic heterocycles. The molecule has 0 saturated heterocycles. The molecular weight excluding hydrogens is 502 g/mol. The summed E-state index contributed by atoms with van der Waals surface area (Å²) in [6, 6.07) is 23.4. The van der Waals surface area contributed by atoms with E-state index in [1.807, 2.05) is 30.3 Å². The van der Waals surface area contributed by atoms with E-state index in [1.54, 1.807) is 67.5 Å². The highest BCUT2D eigenvalue weighted by atomic mass is 16.6. The standard InChI is InChI=1S/C30H35NO8/c1-3-36-28(29(32)33)22-23-10-12-26(13-11-23)38-21-19-31(18-7-20-37-25-8-5-4-6-9-25)30(34)39-27-16-14-24(35-2)15-17-27/h4-6,8-17,28H,3,7,18-22H2,1-2H3,(H,32,33). The Morgan fingerprint density at radius 2 is 1.41 bits per heavy atom. The van der Waals surface area contributed by atoms with Gasteiger partial charge < -0.3 is 33.7 Å². The van der Waals surface area contributed by atoms with Crippen molar-refractivity contribution in [1.29, 1.82) is 0 Å². The number of carbonyl (C=O) groups is 2. The first kappa shape index (κ1) is 29.3. The van der Waals surface area contributed by atoms with E-state index >= 15 is 0 Å². The lowest BCUT2D eigenvalue weighted by molar-refractivity contribution is -0.149. The largest absolute Gasteiger partial charge is 0.497 e. The molecule has 1 unspecified atom stereocenters. The van der Waals surface area contributed by atoms with Crippen LogP contribution >= 0.6 is 0 Å². The van der Waals surface area contributed by atoms with Crippen LogP contribution in [0.5, 0.6) is 23.0 Å². The molecular formula is C30H35NO8. The van der Waals surface area contributed by atoms with Gasteiger partial charge in [-0.2, -0.15) is 0 Å². The first-order valence-corrected chi connectivity index (χ1v) is 12.8. The zero-order valence-corrected chi connectivity index (χ0v) is 22.3. The van der Waals surface area contributed by atoms with Gasteiger partial charge in [0.25, 0.3) is 0 Å². The number of carboxylic acid groups (broad SMARTS) is 1. The highest BCUT2D eigenvalue weighted by Crippen LogP contribution is 2.19. The van der Waals surface area contributed by atoms with Crippen molar-refractivity contribution in [3.63, 3.8) is 0 Å². The van der Waals surface area contributed by atoms with Gasteiger partial charge in [0.1, 0.15) is 29.6 Å². The minimum absolute atomic E-state index is 0.243. The molecule has 208 valence electrons. The molecule has 0 spiro atoms. The van der Waals surface area contributed by atoms with Crippen LogP contribution in [0.2, 0.25) is 0 Å². The molecule has 3 aromatic rings. The molecule has 0 saturated carbocycles. The number of aliphatic carboxylic acids is 1. The summed E-state index contributed by atoms with van der Waals surface area (Å²) in [7, 11) is 1.57. The van der Waals surface area contributed by atoms with Crippen LogP contribution in [0.25, 0.3) is 0 Å². The predicted molar refractivity (Wildman–Crippen MR) is 146 cm³/mol. The summed E-state index contributed by atoms with van der Waals surface area (Å²) < 4.78 is 27.6. The van der Waals surface area contributed by atoms with Crippen LogP contribution in [0.15, 0.2) is 78.9 Å². The molecule has 3 rings (SSSR count). The number of benzene rings is 3. The van der Waals surface area contributed by atoms with Gasteiger partial charge in [0.05, 0.1) is 20.3 Å². The summed E-state index contributed by atoms with van der Waals surface area (Å²) in [5, 5.41) is 9.28. The molecule has 0 aliphatic carbocycles. The summed E-state index contributed by atoms with van der Waals surface area (Å²) in [5.41, 5.74) is 0.825. The lowest BCUT2D eigenvalue weighted by Crippen LogP contribution is -2.38. The second-order valence-corrected chi connectivity index (χ2v) is 8.52. The van der Waals surface area contributed by atoms with Crippen molar-refractivity contribution in [2.45, 2.75) is 25.9 Å². The third-order valence-corrected chi connectivity index (χ3v) is 5.72. The van der Waals surface area contributed by atoms with Crippen molar-refractivity contribution in [3.8, 4) is 23.0 Å². The summed E-state index contributed by atoms with van der Waals surface area (Å²) in [5.74, 6) is 1.47. The Labute approximate surface area is 228 Å². The maximum Gasteiger partial charge on any atom is 0.415 e. The molecule has 39 heavy (non-hydrogen) atoms. The topological polar surface area (TPSA) is 104 Å². The SMILES string of the molecule is CCOC(Cc1ccc(OCCN(CCCOc2ccccc2)C(=O)Oc2ccc(OC)cc2)cc1)C(=O)O. The van der Waals surface area contributed by atoms with Crippen LogP contribution in [0.4, 0.5) is 4.79 Å². The first-order chi connectivity index (χ1) is 19.0. The van der Waals surface area contributed by atoms with E-state index in [9.17, 15) is 14.7 Å². The third kappa shape index (κ3) is 10.2. The van der Waals surface area contributed by atoms with Crippen molar-refractivity contribution in [2.75, 3.05) is 40.0 Å². The molecule has 3 aromatic carbocycles. The molecule has 9 heteroatoms. The monoisotopic (exact) mass is 537 g/mol. The van der Waals surface area contributed by atoms with Gasteiger partial charge in [-0.1, -0.05) is 30.3 Å². The third-order valence-electron chi connectivity index (χ3n) is 5.72. The fourth-order valence-electron chi connectivity index (χ4n) is 3.69. The minimum Gasteiger partial charge on any atom is -0.497 e. The fraction of sp³-hybridized carbons (Fsp3) is 0.333. The molecule has 1 amide bonds. The van der Waals surface area contributed by atoms with E-state index in [1.165, 1.54) is 0 Å². The number of carboxylic acids is 1. The second-order valence-electron chi connectivity index (χ2n) is 8.52. The number of hydrogen-bond acceptors (Lipinski definition) is 7. The first-order valence-electron chi connectivity index (χ1n) is 12.8. The molecule has 0 aliphatic rings. The van der Waals surface area contributed by atoms with Crippen LogP contribution in [-0.4, -0.2) is 68.2 Å². The number of hydrogen-bond donors (Lipinski definition) is 1. The average molecular weight is 538 g/mol. The highest BCUT2D eigenvalue weighted by molar-refractivity contribution is 5.72. The molecule has 0 bridgehead atoms. The molecule has 0 fully saturated rings.